The first-order valence-electron chi connectivity index (χ1n) is 5.82. The highest BCUT2D eigenvalue weighted by Gasteiger charge is 2.16. The zero-order chi connectivity index (χ0) is 12.7. The Morgan fingerprint density at radius 2 is 1.94 bits per heavy atom. The summed E-state index contributed by atoms with van der Waals surface area (Å²) in [6.07, 6.45) is 3.63. The summed E-state index contributed by atoms with van der Waals surface area (Å²) in [5.74, 6) is 0. The van der Waals surface area contributed by atoms with Crippen LogP contribution in [0.2, 0.25) is 0 Å². The molecule has 0 spiro atoms. The van der Waals surface area contributed by atoms with Crippen LogP contribution in [0.3, 0.4) is 0 Å². The third kappa shape index (κ3) is 5.14. The molecular weight excluding hydrogens is 228 g/mol. The summed E-state index contributed by atoms with van der Waals surface area (Å²) in [6, 6.07) is 10.7. The van der Waals surface area contributed by atoms with Crippen LogP contribution in [-0.2, 0) is 0 Å². The van der Waals surface area contributed by atoms with Crippen molar-refractivity contribution in [2.75, 3.05) is 18.1 Å². The van der Waals surface area contributed by atoms with Gasteiger partial charge in [-0.2, -0.15) is 5.26 Å². The van der Waals surface area contributed by atoms with E-state index >= 15 is 0 Å². The summed E-state index contributed by atoms with van der Waals surface area (Å²) in [5.41, 5.74) is 1.31. The van der Waals surface area contributed by atoms with Crippen LogP contribution in [0.15, 0.2) is 29.2 Å². The molecule has 1 aromatic rings. The van der Waals surface area contributed by atoms with Gasteiger partial charge in [-0.25, -0.2) is 0 Å². The molecule has 0 aromatic heterocycles. The van der Waals surface area contributed by atoms with Crippen molar-refractivity contribution in [2.45, 2.75) is 31.6 Å². The molecular formula is C14H20N2S. The molecule has 2 nitrogen and oxygen atoms in total. The maximum Gasteiger partial charge on any atom is 0.0621 e. The molecule has 3 heteroatoms. The maximum atomic E-state index is 8.60. The van der Waals surface area contributed by atoms with Gasteiger partial charge in [0.05, 0.1) is 6.07 Å². The van der Waals surface area contributed by atoms with E-state index in [1.54, 1.807) is 11.8 Å². The van der Waals surface area contributed by atoms with Crippen molar-refractivity contribution in [3.8, 4) is 6.07 Å². The van der Waals surface area contributed by atoms with Crippen molar-refractivity contribution in [3.05, 3.63) is 24.3 Å². The molecule has 0 bridgehead atoms. The molecule has 0 aliphatic heterocycles. The van der Waals surface area contributed by atoms with Crippen molar-refractivity contribution >= 4 is 17.4 Å². The summed E-state index contributed by atoms with van der Waals surface area (Å²) in [6.45, 7) is 5.27. The van der Waals surface area contributed by atoms with E-state index in [0.717, 1.165) is 18.7 Å². The monoisotopic (exact) mass is 248 g/mol. The minimum Gasteiger partial charge on any atom is -0.385 e. The first kappa shape index (κ1) is 13.9. The summed E-state index contributed by atoms with van der Waals surface area (Å²) in [4.78, 5) is 1.28. The second-order valence-corrected chi connectivity index (χ2v) is 5.78. The lowest BCUT2D eigenvalue weighted by atomic mass is 9.88. The van der Waals surface area contributed by atoms with Crippen molar-refractivity contribution in [2.24, 2.45) is 5.41 Å². The summed E-state index contributed by atoms with van der Waals surface area (Å²) in [5, 5.41) is 12.0. The third-order valence-corrected chi connectivity index (χ3v) is 3.52. The Kier molecular flexibility index (Phi) is 5.37. The lowest BCUT2D eigenvalue weighted by Crippen LogP contribution is -2.22. The summed E-state index contributed by atoms with van der Waals surface area (Å²) >= 11 is 1.75. The van der Waals surface area contributed by atoms with E-state index in [9.17, 15) is 0 Å². The van der Waals surface area contributed by atoms with Gasteiger partial charge < -0.3 is 5.32 Å². The minimum atomic E-state index is 0.161. The topological polar surface area (TPSA) is 35.8 Å². The van der Waals surface area contributed by atoms with Gasteiger partial charge in [0.15, 0.2) is 0 Å². The smallest absolute Gasteiger partial charge is 0.0621 e. The number of benzene rings is 1. The molecule has 1 aromatic carbocycles. The Morgan fingerprint density at radius 3 is 2.47 bits per heavy atom. The molecule has 0 aliphatic rings. The fourth-order valence-electron chi connectivity index (χ4n) is 1.53. The number of rotatable bonds is 6. The highest BCUT2D eigenvalue weighted by molar-refractivity contribution is 7.98. The fourth-order valence-corrected chi connectivity index (χ4v) is 1.94. The van der Waals surface area contributed by atoms with Gasteiger partial charge in [0.1, 0.15) is 0 Å². The average Bonchev–Trinajstić information content (AvgIpc) is 2.35. The van der Waals surface area contributed by atoms with E-state index in [1.807, 2.05) is 0 Å². The number of nitrogens with one attached hydrogen (secondary N) is 1. The van der Waals surface area contributed by atoms with Gasteiger partial charge in [-0.3, -0.25) is 0 Å². The molecule has 1 N–H and O–H groups in total. The van der Waals surface area contributed by atoms with Crippen LogP contribution in [0.5, 0.6) is 0 Å². The third-order valence-electron chi connectivity index (χ3n) is 2.77. The van der Waals surface area contributed by atoms with Gasteiger partial charge in [-0.05, 0) is 42.4 Å². The number of hydrogen-bond donors (Lipinski definition) is 1. The standard InChI is InChI=1S/C14H20N2S/c1-14(2,9-4-10-15)11-16-12-5-7-13(17-3)8-6-12/h5-8,16H,4,9,11H2,1-3H3. The first-order chi connectivity index (χ1) is 8.07. The Bertz CT molecular complexity index is 376. The van der Waals surface area contributed by atoms with Crippen LogP contribution in [-0.4, -0.2) is 12.8 Å². The zero-order valence-corrected chi connectivity index (χ0v) is 11.6. The number of nitriles is 1. The van der Waals surface area contributed by atoms with Gasteiger partial charge in [0.25, 0.3) is 0 Å². The van der Waals surface area contributed by atoms with E-state index in [4.69, 9.17) is 5.26 Å². The van der Waals surface area contributed by atoms with E-state index in [1.165, 1.54) is 4.90 Å². The predicted octanol–water partition coefficient (Wildman–Crippen LogP) is 4.15. The average molecular weight is 248 g/mol. The van der Waals surface area contributed by atoms with E-state index < -0.39 is 0 Å². The highest BCUT2D eigenvalue weighted by atomic mass is 32.2. The molecule has 17 heavy (non-hydrogen) atoms. The Hall–Kier alpha value is -1.14. The van der Waals surface area contributed by atoms with Crippen molar-refractivity contribution < 1.29 is 0 Å². The minimum absolute atomic E-state index is 0.161. The van der Waals surface area contributed by atoms with E-state index in [0.29, 0.717) is 6.42 Å². The quantitative estimate of drug-likeness (QED) is 0.768. The fraction of sp³-hybridized carbons (Fsp3) is 0.500. The second-order valence-electron chi connectivity index (χ2n) is 4.90. The SMILES string of the molecule is CSc1ccc(NCC(C)(C)CCC#N)cc1. The molecule has 0 unspecified atom stereocenters. The molecule has 0 saturated carbocycles. The van der Waals surface area contributed by atoms with Crippen LogP contribution in [0.25, 0.3) is 0 Å². The molecule has 1 rings (SSSR count). The van der Waals surface area contributed by atoms with Crippen molar-refractivity contribution in [1.29, 1.82) is 5.26 Å². The molecule has 0 amide bonds. The number of thioether (sulfide) groups is 1. The lowest BCUT2D eigenvalue weighted by molar-refractivity contribution is 0.364. The molecule has 0 radical (unpaired) electrons. The Labute approximate surface area is 108 Å². The van der Waals surface area contributed by atoms with Gasteiger partial charge in [-0.1, -0.05) is 13.8 Å². The van der Waals surface area contributed by atoms with Crippen LogP contribution in [0, 0.1) is 16.7 Å². The largest absolute Gasteiger partial charge is 0.385 e. The highest BCUT2D eigenvalue weighted by Crippen LogP contribution is 2.23. The Morgan fingerprint density at radius 1 is 1.29 bits per heavy atom. The maximum absolute atomic E-state index is 8.60. The number of hydrogen-bond acceptors (Lipinski definition) is 3. The van der Waals surface area contributed by atoms with Crippen molar-refractivity contribution in [3.63, 3.8) is 0 Å². The molecule has 0 fully saturated rings. The van der Waals surface area contributed by atoms with Gasteiger partial charge >= 0.3 is 0 Å². The van der Waals surface area contributed by atoms with Gasteiger partial charge in [-0.15, -0.1) is 11.8 Å². The van der Waals surface area contributed by atoms with Crippen LogP contribution in [0.4, 0.5) is 5.69 Å². The molecule has 0 aliphatic carbocycles. The molecule has 0 saturated heterocycles. The first-order valence-corrected chi connectivity index (χ1v) is 7.05. The number of nitrogens with zero attached hydrogens (tertiary/aromatic N) is 1. The van der Waals surface area contributed by atoms with Gasteiger partial charge in [0, 0.05) is 23.5 Å². The zero-order valence-electron chi connectivity index (χ0n) is 10.8. The number of anilines is 1. The van der Waals surface area contributed by atoms with E-state index in [-0.39, 0.29) is 5.41 Å². The van der Waals surface area contributed by atoms with Crippen LogP contribution >= 0.6 is 11.8 Å². The van der Waals surface area contributed by atoms with Crippen LogP contribution < -0.4 is 5.32 Å². The van der Waals surface area contributed by atoms with Crippen LogP contribution in [0.1, 0.15) is 26.7 Å². The van der Waals surface area contributed by atoms with Gasteiger partial charge in [0.2, 0.25) is 0 Å². The van der Waals surface area contributed by atoms with Crippen molar-refractivity contribution in [1.82, 2.24) is 0 Å². The Balaban J connectivity index is 2.46. The molecule has 0 heterocycles. The lowest BCUT2D eigenvalue weighted by Gasteiger charge is -2.24. The summed E-state index contributed by atoms with van der Waals surface area (Å²) in [7, 11) is 0. The normalized spacial score (nSPS) is 10.9. The summed E-state index contributed by atoms with van der Waals surface area (Å²) < 4.78 is 0. The van der Waals surface area contributed by atoms with E-state index in [2.05, 4.69) is 55.8 Å². The predicted molar refractivity (Wildman–Crippen MR) is 75.3 cm³/mol. The second kappa shape index (κ2) is 6.56. The molecule has 92 valence electrons. The molecule has 0 atom stereocenters.